The Bertz CT molecular complexity index is 1210. The fourth-order valence-electron chi connectivity index (χ4n) is 2.85. The molecule has 154 valence electrons. The maximum atomic E-state index is 11.0. The van der Waals surface area contributed by atoms with Crippen LogP contribution in [0, 0.1) is 10.1 Å². The summed E-state index contributed by atoms with van der Waals surface area (Å²) < 4.78 is 5.93. The number of anilines is 1. The molecule has 0 aliphatic rings. The van der Waals surface area contributed by atoms with E-state index in [0.29, 0.717) is 23.0 Å². The molecule has 0 saturated carbocycles. The lowest BCUT2D eigenvalue weighted by atomic mass is 10.1. The van der Waals surface area contributed by atoms with Gasteiger partial charge in [0.15, 0.2) is 0 Å². The topological polar surface area (TPSA) is 89.7 Å². The molecule has 0 unspecified atom stereocenters. The third kappa shape index (κ3) is 5.31. The summed E-state index contributed by atoms with van der Waals surface area (Å²) in [4.78, 5) is 15.0. The Labute approximate surface area is 182 Å². The molecule has 31 heavy (non-hydrogen) atoms. The zero-order chi connectivity index (χ0) is 21.5. The molecule has 1 N–H and O–H groups in total. The van der Waals surface area contributed by atoms with E-state index in [4.69, 9.17) is 4.74 Å². The van der Waals surface area contributed by atoms with Crippen molar-refractivity contribution in [1.29, 1.82) is 0 Å². The van der Waals surface area contributed by atoms with Gasteiger partial charge in [-0.05, 0) is 17.7 Å². The monoisotopic (exact) mass is 430 g/mol. The first-order valence-electron chi connectivity index (χ1n) is 9.44. The van der Waals surface area contributed by atoms with Crippen LogP contribution in [0.4, 0.5) is 10.8 Å². The smallest absolute Gasteiger partial charge is 0.270 e. The van der Waals surface area contributed by atoms with E-state index in [-0.39, 0.29) is 5.69 Å². The summed E-state index contributed by atoms with van der Waals surface area (Å²) in [5, 5.41) is 17.6. The summed E-state index contributed by atoms with van der Waals surface area (Å²) in [6, 6.07) is 24.0. The molecule has 0 saturated heterocycles. The summed E-state index contributed by atoms with van der Waals surface area (Å²) in [6.45, 7) is 0.470. The molecule has 0 aliphatic carbocycles. The van der Waals surface area contributed by atoms with E-state index in [9.17, 15) is 10.1 Å². The van der Waals surface area contributed by atoms with Crippen LogP contribution in [0.1, 0.15) is 11.1 Å². The van der Waals surface area contributed by atoms with Crippen LogP contribution < -0.4 is 10.2 Å². The SMILES string of the molecule is O=[N+]([O-])c1cccc(-c2csc(N/N=C/c3ccccc3OCc3ccccc3)n2)c1. The van der Waals surface area contributed by atoms with Crippen molar-refractivity contribution in [3.8, 4) is 17.0 Å². The molecule has 0 fully saturated rings. The number of hydrogen-bond donors (Lipinski definition) is 1. The number of rotatable bonds is 8. The molecule has 8 heteroatoms. The van der Waals surface area contributed by atoms with Gasteiger partial charge in [-0.25, -0.2) is 4.98 Å². The minimum absolute atomic E-state index is 0.0325. The number of non-ortho nitro benzene ring substituents is 1. The maximum Gasteiger partial charge on any atom is 0.270 e. The molecular weight excluding hydrogens is 412 g/mol. The van der Waals surface area contributed by atoms with Crippen molar-refractivity contribution in [2.45, 2.75) is 6.61 Å². The molecular formula is C23H18N4O3S. The van der Waals surface area contributed by atoms with E-state index < -0.39 is 4.92 Å². The van der Waals surface area contributed by atoms with Gasteiger partial charge < -0.3 is 4.74 Å². The van der Waals surface area contributed by atoms with Crippen LogP contribution in [0.5, 0.6) is 5.75 Å². The van der Waals surface area contributed by atoms with Crippen LogP contribution in [0.3, 0.4) is 0 Å². The first-order chi connectivity index (χ1) is 15.2. The number of hydrogen-bond acceptors (Lipinski definition) is 7. The summed E-state index contributed by atoms with van der Waals surface area (Å²) in [6.07, 6.45) is 1.68. The van der Waals surface area contributed by atoms with Gasteiger partial charge in [0.1, 0.15) is 12.4 Å². The number of aromatic nitrogens is 1. The highest BCUT2D eigenvalue weighted by Crippen LogP contribution is 2.27. The zero-order valence-corrected chi connectivity index (χ0v) is 17.2. The van der Waals surface area contributed by atoms with E-state index in [1.807, 2.05) is 60.0 Å². The first kappa shape index (κ1) is 20.2. The summed E-state index contributed by atoms with van der Waals surface area (Å²) in [5.74, 6) is 0.730. The van der Waals surface area contributed by atoms with Crippen LogP contribution in [0.2, 0.25) is 0 Å². The molecule has 0 radical (unpaired) electrons. The normalized spacial score (nSPS) is 10.8. The molecule has 0 aliphatic heterocycles. The van der Waals surface area contributed by atoms with E-state index in [1.54, 1.807) is 18.3 Å². The largest absolute Gasteiger partial charge is 0.488 e. The van der Waals surface area contributed by atoms with Crippen molar-refractivity contribution in [2.24, 2.45) is 5.10 Å². The standard InChI is InChI=1S/C23H18N4O3S/c28-27(29)20-11-6-10-18(13-20)21-16-31-23(25-21)26-24-14-19-9-4-5-12-22(19)30-15-17-7-2-1-3-8-17/h1-14,16H,15H2,(H,25,26)/b24-14+. The molecule has 0 bridgehead atoms. The number of nitro groups is 1. The van der Waals surface area contributed by atoms with Crippen LogP contribution in [0.25, 0.3) is 11.3 Å². The van der Waals surface area contributed by atoms with Crippen molar-refractivity contribution in [1.82, 2.24) is 4.98 Å². The predicted octanol–water partition coefficient (Wildman–Crippen LogP) is 5.74. The second kappa shape index (κ2) is 9.64. The van der Waals surface area contributed by atoms with Gasteiger partial charge in [-0.3, -0.25) is 15.5 Å². The van der Waals surface area contributed by atoms with E-state index in [2.05, 4.69) is 15.5 Å². The van der Waals surface area contributed by atoms with Crippen molar-refractivity contribution in [2.75, 3.05) is 5.43 Å². The Morgan fingerprint density at radius 3 is 2.71 bits per heavy atom. The number of benzene rings is 3. The van der Waals surface area contributed by atoms with Crippen LogP contribution in [-0.4, -0.2) is 16.1 Å². The van der Waals surface area contributed by atoms with Crippen molar-refractivity contribution in [3.05, 3.63) is 105 Å². The zero-order valence-electron chi connectivity index (χ0n) is 16.3. The van der Waals surface area contributed by atoms with Crippen molar-refractivity contribution >= 4 is 28.4 Å². The van der Waals surface area contributed by atoms with Gasteiger partial charge in [0.25, 0.3) is 5.69 Å². The molecule has 0 spiro atoms. The molecule has 1 heterocycles. The van der Waals surface area contributed by atoms with Gasteiger partial charge in [0, 0.05) is 28.6 Å². The highest BCUT2D eigenvalue weighted by atomic mass is 32.1. The molecule has 4 rings (SSSR count). The maximum absolute atomic E-state index is 11.0. The Morgan fingerprint density at radius 2 is 1.87 bits per heavy atom. The van der Waals surface area contributed by atoms with Gasteiger partial charge in [-0.15, -0.1) is 11.3 Å². The van der Waals surface area contributed by atoms with Gasteiger partial charge in [-0.1, -0.05) is 54.6 Å². The highest BCUT2D eigenvalue weighted by Gasteiger charge is 2.10. The lowest BCUT2D eigenvalue weighted by molar-refractivity contribution is -0.384. The average Bonchev–Trinajstić information content (AvgIpc) is 3.28. The average molecular weight is 430 g/mol. The number of hydrazone groups is 1. The number of nitrogens with zero attached hydrogens (tertiary/aromatic N) is 3. The van der Waals surface area contributed by atoms with Gasteiger partial charge in [-0.2, -0.15) is 5.10 Å². The van der Waals surface area contributed by atoms with Crippen molar-refractivity contribution in [3.63, 3.8) is 0 Å². The highest BCUT2D eigenvalue weighted by molar-refractivity contribution is 7.14. The first-order valence-corrected chi connectivity index (χ1v) is 10.3. The molecule has 3 aromatic carbocycles. The van der Waals surface area contributed by atoms with Gasteiger partial charge >= 0.3 is 0 Å². The Morgan fingerprint density at radius 1 is 1.06 bits per heavy atom. The molecule has 1 aromatic heterocycles. The molecule has 0 amide bonds. The summed E-state index contributed by atoms with van der Waals surface area (Å²) in [5.41, 5.74) is 6.20. The van der Waals surface area contributed by atoms with Gasteiger partial charge in [0.2, 0.25) is 5.13 Å². The summed E-state index contributed by atoms with van der Waals surface area (Å²) in [7, 11) is 0. The fourth-order valence-corrected chi connectivity index (χ4v) is 3.52. The number of para-hydroxylation sites is 1. The lowest BCUT2D eigenvalue weighted by Crippen LogP contribution is -1.99. The molecule has 7 nitrogen and oxygen atoms in total. The number of nitrogens with one attached hydrogen (secondary N) is 1. The third-order valence-electron chi connectivity index (χ3n) is 4.38. The lowest BCUT2D eigenvalue weighted by Gasteiger charge is -2.08. The second-order valence-electron chi connectivity index (χ2n) is 6.53. The second-order valence-corrected chi connectivity index (χ2v) is 7.39. The van der Waals surface area contributed by atoms with E-state index >= 15 is 0 Å². The summed E-state index contributed by atoms with van der Waals surface area (Å²) >= 11 is 1.37. The Balaban J connectivity index is 1.42. The van der Waals surface area contributed by atoms with Crippen molar-refractivity contribution < 1.29 is 9.66 Å². The number of nitro benzene ring substituents is 1. The quantitative estimate of drug-likeness (QED) is 0.219. The third-order valence-corrected chi connectivity index (χ3v) is 5.12. The predicted molar refractivity (Wildman–Crippen MR) is 123 cm³/mol. The van der Waals surface area contributed by atoms with E-state index in [1.165, 1.54) is 23.5 Å². The fraction of sp³-hybridized carbons (Fsp3) is 0.0435. The number of thiazole rings is 1. The van der Waals surface area contributed by atoms with Crippen LogP contribution >= 0.6 is 11.3 Å². The molecule has 0 atom stereocenters. The Kier molecular flexibility index (Phi) is 6.29. The van der Waals surface area contributed by atoms with Crippen LogP contribution in [0.15, 0.2) is 89.3 Å². The number of ether oxygens (including phenoxy) is 1. The minimum Gasteiger partial charge on any atom is -0.488 e. The van der Waals surface area contributed by atoms with Crippen LogP contribution in [-0.2, 0) is 6.61 Å². The van der Waals surface area contributed by atoms with E-state index in [0.717, 1.165) is 16.9 Å². The van der Waals surface area contributed by atoms with Gasteiger partial charge in [0.05, 0.1) is 16.8 Å². The molecule has 4 aromatic rings. The Hall–Kier alpha value is -4.04. The minimum atomic E-state index is -0.420.